The largest absolute Gasteiger partial charge is 0.311 e. The molecule has 63 heavy (non-hydrogen) atoms. The molecule has 0 atom stereocenters. The van der Waals surface area contributed by atoms with Crippen LogP contribution in [0.1, 0.15) is 180 Å². The summed E-state index contributed by atoms with van der Waals surface area (Å²) in [5.74, 6) is 0. The van der Waals surface area contributed by atoms with Crippen molar-refractivity contribution in [2.24, 2.45) is 0 Å². The predicted octanol–water partition coefficient (Wildman–Crippen LogP) is 16.3. The fraction of sp³-hybridized carbons (Fsp3) is 0.483. The maximum atomic E-state index is 7.16. The van der Waals surface area contributed by atoms with E-state index in [1.165, 1.54) is 89.5 Å². The van der Waals surface area contributed by atoms with Gasteiger partial charge in [0.25, 0.3) is 6.71 Å². The van der Waals surface area contributed by atoms with E-state index in [2.05, 4.69) is 173 Å². The van der Waals surface area contributed by atoms with E-state index in [4.69, 9.17) is 23.2 Å². The van der Waals surface area contributed by atoms with Crippen LogP contribution in [-0.2, 0) is 41.9 Å². The molecule has 0 aliphatic carbocycles. The van der Waals surface area contributed by atoms with E-state index in [9.17, 15) is 0 Å². The van der Waals surface area contributed by atoms with E-state index in [1.54, 1.807) is 0 Å². The SMILES string of the molecule is CCCCc1cc(C(C)(C)C)cc(CCCC)c1N1c2cc(Cl)ccc2B2c3ccc(Cl)cc3N(c3c(CCCC)cc(C(C)(C)C)cc3CCCC)c3cc(C(C)(C)C)cc1c32. The van der Waals surface area contributed by atoms with Gasteiger partial charge in [0.1, 0.15) is 0 Å². The van der Waals surface area contributed by atoms with E-state index >= 15 is 0 Å². The second-order valence-electron chi connectivity index (χ2n) is 21.9. The summed E-state index contributed by atoms with van der Waals surface area (Å²) in [6.07, 6.45) is 13.3. The molecule has 7 rings (SSSR count). The number of nitrogens with zero attached hydrogens (tertiary/aromatic N) is 2. The topological polar surface area (TPSA) is 6.48 Å². The van der Waals surface area contributed by atoms with Crippen LogP contribution < -0.4 is 26.2 Å². The Morgan fingerprint density at radius 2 is 0.714 bits per heavy atom. The van der Waals surface area contributed by atoms with Crippen molar-refractivity contribution < 1.29 is 0 Å². The molecular weight excluding hydrogens is 806 g/mol. The zero-order chi connectivity index (χ0) is 45.6. The van der Waals surface area contributed by atoms with Gasteiger partial charge >= 0.3 is 0 Å². The Morgan fingerprint density at radius 3 is 1.00 bits per heavy atom. The summed E-state index contributed by atoms with van der Waals surface area (Å²) in [6.45, 7) is 30.6. The molecule has 0 spiro atoms. The fourth-order valence-corrected chi connectivity index (χ4v) is 10.4. The van der Waals surface area contributed by atoms with Gasteiger partial charge in [-0.2, -0.15) is 0 Å². The molecule has 0 bridgehead atoms. The van der Waals surface area contributed by atoms with Crippen molar-refractivity contribution in [3.8, 4) is 0 Å². The minimum absolute atomic E-state index is 0.00452. The summed E-state index contributed by atoms with van der Waals surface area (Å²) >= 11 is 14.3. The summed E-state index contributed by atoms with van der Waals surface area (Å²) in [4.78, 5) is 5.37. The third-order valence-corrected chi connectivity index (χ3v) is 14.2. The van der Waals surface area contributed by atoms with Crippen molar-refractivity contribution in [3.05, 3.63) is 122 Å². The second kappa shape index (κ2) is 18.7. The molecule has 5 aromatic rings. The lowest BCUT2D eigenvalue weighted by Gasteiger charge is -2.46. The number of benzene rings is 5. The van der Waals surface area contributed by atoms with E-state index in [-0.39, 0.29) is 23.0 Å². The lowest BCUT2D eigenvalue weighted by atomic mass is 9.33. The predicted molar refractivity (Wildman–Crippen MR) is 281 cm³/mol. The zero-order valence-electron chi connectivity index (χ0n) is 41.1. The van der Waals surface area contributed by atoms with Gasteiger partial charge in [0, 0.05) is 32.8 Å². The van der Waals surface area contributed by atoms with Gasteiger partial charge in [-0.3, -0.25) is 0 Å². The molecule has 2 aliphatic rings. The van der Waals surface area contributed by atoms with E-state index < -0.39 is 0 Å². The summed E-state index contributed by atoms with van der Waals surface area (Å²) in [7, 11) is 0. The van der Waals surface area contributed by atoms with Crippen LogP contribution in [0.3, 0.4) is 0 Å². The van der Waals surface area contributed by atoms with E-state index in [1.807, 2.05) is 0 Å². The molecule has 0 fully saturated rings. The Morgan fingerprint density at radius 1 is 0.413 bits per heavy atom. The summed E-state index contributed by atoms with van der Waals surface area (Å²) in [5.41, 5.74) is 21.5. The highest BCUT2D eigenvalue weighted by Crippen LogP contribution is 2.51. The minimum atomic E-state index is -0.125. The maximum absolute atomic E-state index is 7.16. The Hall–Kier alpha value is -3.66. The number of rotatable bonds is 14. The van der Waals surface area contributed by atoms with Crippen LogP contribution in [-0.4, -0.2) is 6.71 Å². The molecule has 2 aliphatic heterocycles. The van der Waals surface area contributed by atoms with Crippen molar-refractivity contribution in [3.63, 3.8) is 0 Å². The molecule has 0 saturated heterocycles. The van der Waals surface area contributed by atoms with Gasteiger partial charge in [-0.15, -0.1) is 0 Å². The first-order valence-electron chi connectivity index (χ1n) is 24.5. The van der Waals surface area contributed by atoms with Gasteiger partial charge in [0.2, 0.25) is 0 Å². The summed E-state index contributed by atoms with van der Waals surface area (Å²) in [6, 6.07) is 28.7. The summed E-state index contributed by atoms with van der Waals surface area (Å²) < 4.78 is 0. The maximum Gasteiger partial charge on any atom is 0.252 e. The molecule has 0 aromatic heterocycles. The lowest BCUT2D eigenvalue weighted by molar-refractivity contribution is 0.587. The van der Waals surface area contributed by atoms with E-state index in [0.29, 0.717) is 0 Å². The van der Waals surface area contributed by atoms with E-state index in [0.717, 1.165) is 87.1 Å². The molecule has 2 heterocycles. The van der Waals surface area contributed by atoms with Crippen molar-refractivity contribution in [2.75, 3.05) is 9.80 Å². The van der Waals surface area contributed by atoms with Gasteiger partial charge in [-0.05, 0) is 159 Å². The molecule has 0 radical (unpaired) electrons. The van der Waals surface area contributed by atoms with Gasteiger partial charge in [-0.1, -0.05) is 175 Å². The van der Waals surface area contributed by atoms with Crippen molar-refractivity contribution >= 4 is 80.4 Å². The first-order chi connectivity index (χ1) is 29.8. The van der Waals surface area contributed by atoms with Crippen LogP contribution in [0.2, 0.25) is 10.0 Å². The van der Waals surface area contributed by atoms with Gasteiger partial charge in [0.05, 0.1) is 11.4 Å². The number of hydrogen-bond acceptors (Lipinski definition) is 2. The molecule has 5 heteroatoms. The number of halogens is 2. The average Bonchev–Trinajstić information content (AvgIpc) is 3.22. The second-order valence-corrected chi connectivity index (χ2v) is 22.8. The first-order valence-corrected chi connectivity index (χ1v) is 25.3. The Balaban J connectivity index is 1.68. The average molecular weight is 882 g/mol. The van der Waals surface area contributed by atoms with Crippen LogP contribution in [0.25, 0.3) is 0 Å². The fourth-order valence-electron chi connectivity index (χ4n) is 10.0. The quantitative estimate of drug-likeness (QED) is 0.100. The monoisotopic (exact) mass is 881 g/mol. The molecule has 0 amide bonds. The van der Waals surface area contributed by atoms with Crippen LogP contribution in [0.15, 0.2) is 72.8 Å². The standard InChI is InChI=1S/C58H75BCl2N2/c1-14-18-22-38-30-42(56(5,6)7)31-39(23-19-15-2)54(38)62-49-36-45(60)26-28-47(49)59-48-29-27-46(61)37-50(48)63(52-35-44(58(11,12)13)34-51(62)53(52)59)55-40(24-20-16-3)32-43(57(8,9)10)33-41(55)25-21-17-4/h26-37H,14-25H2,1-13H3. The Kier molecular flexibility index (Phi) is 14.0. The van der Waals surface area contributed by atoms with Crippen LogP contribution in [0.4, 0.5) is 34.1 Å². The smallest absolute Gasteiger partial charge is 0.252 e. The molecular formula is C58H75BCl2N2. The highest BCUT2D eigenvalue weighted by molar-refractivity contribution is 7.00. The van der Waals surface area contributed by atoms with Crippen LogP contribution in [0.5, 0.6) is 0 Å². The molecule has 5 aromatic carbocycles. The van der Waals surface area contributed by atoms with Gasteiger partial charge < -0.3 is 9.80 Å². The Labute approximate surface area is 393 Å². The van der Waals surface area contributed by atoms with Crippen molar-refractivity contribution in [1.29, 1.82) is 0 Å². The number of anilines is 6. The zero-order valence-corrected chi connectivity index (χ0v) is 42.7. The molecule has 334 valence electrons. The Bertz CT molecular complexity index is 2240. The minimum Gasteiger partial charge on any atom is -0.311 e. The molecule has 0 N–H and O–H groups in total. The lowest BCUT2D eigenvalue weighted by Crippen LogP contribution is -2.61. The van der Waals surface area contributed by atoms with Crippen molar-refractivity contribution in [1.82, 2.24) is 0 Å². The molecule has 2 nitrogen and oxygen atoms in total. The van der Waals surface area contributed by atoms with Gasteiger partial charge in [0.15, 0.2) is 0 Å². The highest BCUT2D eigenvalue weighted by Gasteiger charge is 2.45. The number of fused-ring (bicyclic) bond motifs is 4. The number of hydrogen-bond donors (Lipinski definition) is 0. The first kappa shape index (κ1) is 47.3. The van der Waals surface area contributed by atoms with Crippen molar-refractivity contribution in [2.45, 2.75) is 183 Å². The summed E-state index contributed by atoms with van der Waals surface area (Å²) in [5, 5.41) is 1.53. The number of aryl methyl sites for hydroxylation is 4. The third kappa shape index (κ3) is 9.40. The van der Waals surface area contributed by atoms with Crippen LogP contribution in [0, 0.1) is 0 Å². The van der Waals surface area contributed by atoms with Crippen LogP contribution >= 0.6 is 23.2 Å². The van der Waals surface area contributed by atoms with Gasteiger partial charge in [-0.25, -0.2) is 0 Å². The molecule has 0 unspecified atom stereocenters. The third-order valence-electron chi connectivity index (χ3n) is 13.8. The molecule has 0 saturated carbocycles. The normalized spacial score (nSPS) is 13.7. The highest BCUT2D eigenvalue weighted by atomic mass is 35.5. The number of unbranched alkanes of at least 4 members (excludes halogenated alkanes) is 4.